The Bertz CT molecular complexity index is 433. The number of benzene rings is 1. The van der Waals surface area contributed by atoms with Gasteiger partial charge in [0.15, 0.2) is 14.0 Å². The van der Waals surface area contributed by atoms with E-state index in [9.17, 15) is 8.42 Å². The Morgan fingerprint density at radius 1 is 1.20 bits per heavy atom. The highest BCUT2D eigenvalue weighted by molar-refractivity contribution is 7.94. The molecule has 0 saturated heterocycles. The van der Waals surface area contributed by atoms with Gasteiger partial charge in [0.1, 0.15) is 0 Å². The molecule has 1 radical (unpaired) electrons. The van der Waals surface area contributed by atoms with Crippen molar-refractivity contribution in [2.45, 2.75) is 28.4 Å². The van der Waals surface area contributed by atoms with Crippen molar-refractivity contribution in [2.24, 2.45) is 0 Å². The third-order valence-corrected chi connectivity index (χ3v) is 5.89. The van der Waals surface area contributed by atoms with Gasteiger partial charge in [0, 0.05) is 0 Å². The van der Waals surface area contributed by atoms with Crippen LogP contribution in [0.15, 0.2) is 35.2 Å². The van der Waals surface area contributed by atoms with Crippen LogP contribution in [0.1, 0.15) is 19.3 Å². The van der Waals surface area contributed by atoms with Crippen molar-refractivity contribution in [3.63, 3.8) is 0 Å². The summed E-state index contributed by atoms with van der Waals surface area (Å²) in [6.45, 7) is 0. The number of hydrogen-bond donors (Lipinski definition) is 0. The van der Waals surface area contributed by atoms with Gasteiger partial charge in [0.2, 0.25) is 0 Å². The van der Waals surface area contributed by atoms with Crippen molar-refractivity contribution < 1.29 is 8.42 Å². The van der Waals surface area contributed by atoms with Gasteiger partial charge in [-0.15, -0.1) is 11.6 Å². The molecule has 1 fully saturated rings. The third-order valence-electron chi connectivity index (χ3n) is 2.71. The fourth-order valence-corrected chi connectivity index (χ4v) is 3.94. The lowest BCUT2D eigenvalue weighted by Crippen LogP contribution is -2.29. The Morgan fingerprint density at radius 3 is 2.40 bits per heavy atom. The first-order valence-electron chi connectivity index (χ1n) is 4.86. The molecule has 0 heterocycles. The average Bonchev–Trinajstić information content (AvgIpc) is 2.68. The first-order valence-corrected chi connectivity index (χ1v) is 6.73. The summed E-state index contributed by atoms with van der Waals surface area (Å²) >= 11 is 6.18. The van der Waals surface area contributed by atoms with Crippen LogP contribution in [0.2, 0.25) is 0 Å². The van der Waals surface area contributed by atoms with E-state index in [0.717, 1.165) is 6.42 Å². The summed E-state index contributed by atoms with van der Waals surface area (Å²) in [6, 6.07) is 8.41. The molecular formula is C11H12ClO2S. The van der Waals surface area contributed by atoms with Crippen LogP contribution < -0.4 is 0 Å². The van der Waals surface area contributed by atoms with Gasteiger partial charge in [-0.3, -0.25) is 0 Å². The molecule has 0 amide bonds. The van der Waals surface area contributed by atoms with Crippen LogP contribution >= 0.6 is 11.6 Å². The van der Waals surface area contributed by atoms with Crippen molar-refractivity contribution in [1.82, 2.24) is 0 Å². The zero-order chi connectivity index (χ0) is 10.9. The Labute approximate surface area is 95.2 Å². The molecule has 81 valence electrons. The summed E-state index contributed by atoms with van der Waals surface area (Å²) in [5.41, 5.74) is 0. The monoisotopic (exact) mass is 243 g/mol. The lowest BCUT2D eigenvalue weighted by molar-refractivity contribution is 0.570. The average molecular weight is 244 g/mol. The maximum Gasteiger partial charge on any atom is 0.197 e. The van der Waals surface area contributed by atoms with E-state index in [1.54, 1.807) is 30.3 Å². The Kier molecular flexibility index (Phi) is 2.77. The van der Waals surface area contributed by atoms with Gasteiger partial charge in [0.05, 0.1) is 4.90 Å². The van der Waals surface area contributed by atoms with Crippen LogP contribution in [0.3, 0.4) is 0 Å². The SMILES string of the molecule is O=S(=O)(c1ccccc1)C1(Cl)C[CH]CC1. The highest BCUT2D eigenvalue weighted by Gasteiger charge is 2.45. The lowest BCUT2D eigenvalue weighted by atomic mass is 10.4. The first kappa shape index (κ1) is 11.0. The van der Waals surface area contributed by atoms with Gasteiger partial charge < -0.3 is 0 Å². The summed E-state index contributed by atoms with van der Waals surface area (Å²) in [4.78, 5) is 0.315. The van der Waals surface area contributed by atoms with E-state index >= 15 is 0 Å². The van der Waals surface area contributed by atoms with E-state index in [4.69, 9.17) is 11.6 Å². The predicted molar refractivity (Wildman–Crippen MR) is 60.4 cm³/mol. The molecule has 0 N–H and O–H groups in total. The molecule has 4 heteroatoms. The largest absolute Gasteiger partial charge is 0.222 e. The molecule has 1 unspecified atom stereocenters. The Hall–Kier alpha value is -0.540. The summed E-state index contributed by atoms with van der Waals surface area (Å²) in [5, 5.41) is 0. The third kappa shape index (κ3) is 1.79. The number of hydrogen-bond acceptors (Lipinski definition) is 2. The fraction of sp³-hybridized carbons (Fsp3) is 0.364. The Balaban J connectivity index is 2.44. The Morgan fingerprint density at radius 2 is 1.87 bits per heavy atom. The second-order valence-corrected chi connectivity index (χ2v) is 6.94. The molecule has 15 heavy (non-hydrogen) atoms. The van der Waals surface area contributed by atoms with Gasteiger partial charge in [-0.25, -0.2) is 8.42 Å². The molecule has 0 aliphatic heterocycles. The molecule has 2 nitrogen and oxygen atoms in total. The van der Waals surface area contributed by atoms with Crippen molar-refractivity contribution in [3.05, 3.63) is 36.8 Å². The minimum atomic E-state index is -3.40. The molecule has 0 bridgehead atoms. The zero-order valence-corrected chi connectivity index (χ0v) is 9.76. The molecule has 1 atom stereocenters. The van der Waals surface area contributed by atoms with Crippen LogP contribution in [-0.2, 0) is 9.84 Å². The van der Waals surface area contributed by atoms with E-state index < -0.39 is 14.0 Å². The van der Waals surface area contributed by atoms with Gasteiger partial charge >= 0.3 is 0 Å². The van der Waals surface area contributed by atoms with E-state index in [0.29, 0.717) is 17.7 Å². The van der Waals surface area contributed by atoms with E-state index in [1.807, 2.05) is 6.42 Å². The maximum absolute atomic E-state index is 12.2. The molecular weight excluding hydrogens is 232 g/mol. The summed E-state index contributed by atoms with van der Waals surface area (Å²) in [6.07, 6.45) is 3.65. The van der Waals surface area contributed by atoms with E-state index in [2.05, 4.69) is 0 Å². The normalized spacial score (nSPS) is 20.3. The van der Waals surface area contributed by atoms with Crippen LogP contribution in [0, 0.1) is 6.42 Å². The predicted octanol–water partition coefficient (Wildman–Crippen LogP) is 2.78. The zero-order valence-electron chi connectivity index (χ0n) is 8.19. The topological polar surface area (TPSA) is 34.1 Å². The van der Waals surface area contributed by atoms with E-state index in [-0.39, 0.29) is 0 Å². The molecule has 1 aliphatic rings. The van der Waals surface area contributed by atoms with Crippen LogP contribution in [0.5, 0.6) is 0 Å². The highest BCUT2D eigenvalue weighted by Crippen LogP contribution is 2.42. The van der Waals surface area contributed by atoms with Crippen molar-refractivity contribution >= 4 is 21.4 Å². The highest BCUT2D eigenvalue weighted by atomic mass is 35.5. The number of halogens is 1. The van der Waals surface area contributed by atoms with Crippen LogP contribution in [0.25, 0.3) is 0 Å². The van der Waals surface area contributed by atoms with Crippen LogP contribution in [0.4, 0.5) is 0 Å². The van der Waals surface area contributed by atoms with Crippen LogP contribution in [-0.4, -0.2) is 12.6 Å². The van der Waals surface area contributed by atoms with Gasteiger partial charge in [0.25, 0.3) is 0 Å². The summed E-state index contributed by atoms with van der Waals surface area (Å²) in [5.74, 6) is 0. The fourth-order valence-electron chi connectivity index (χ4n) is 1.79. The van der Waals surface area contributed by atoms with Gasteiger partial charge in [-0.1, -0.05) is 18.2 Å². The molecule has 1 saturated carbocycles. The molecule has 1 aromatic carbocycles. The number of rotatable bonds is 2. The second-order valence-electron chi connectivity index (χ2n) is 3.73. The van der Waals surface area contributed by atoms with Gasteiger partial charge in [-0.2, -0.15) is 0 Å². The van der Waals surface area contributed by atoms with E-state index in [1.165, 1.54) is 0 Å². The first-order chi connectivity index (χ1) is 7.06. The second kappa shape index (κ2) is 3.80. The quantitative estimate of drug-likeness (QED) is 0.749. The maximum atomic E-state index is 12.2. The minimum Gasteiger partial charge on any atom is -0.222 e. The number of alkyl halides is 1. The number of sulfone groups is 1. The standard InChI is InChI=1S/C11H12ClO2S/c12-11(8-4-5-9-11)15(13,14)10-6-2-1-3-7-10/h1-4,6-7H,5,8-9H2. The van der Waals surface area contributed by atoms with Gasteiger partial charge in [-0.05, 0) is 37.8 Å². The van der Waals surface area contributed by atoms with Crippen molar-refractivity contribution in [3.8, 4) is 0 Å². The molecule has 2 rings (SSSR count). The smallest absolute Gasteiger partial charge is 0.197 e. The van der Waals surface area contributed by atoms with Crippen molar-refractivity contribution in [2.75, 3.05) is 0 Å². The molecule has 0 spiro atoms. The molecule has 0 aromatic heterocycles. The summed E-state index contributed by atoms with van der Waals surface area (Å²) in [7, 11) is -3.40. The van der Waals surface area contributed by atoms with Crippen molar-refractivity contribution in [1.29, 1.82) is 0 Å². The minimum absolute atomic E-state index is 0.315. The summed E-state index contributed by atoms with van der Waals surface area (Å²) < 4.78 is 23.3. The lowest BCUT2D eigenvalue weighted by Gasteiger charge is -2.20. The molecule has 1 aromatic rings. The molecule has 1 aliphatic carbocycles.